The van der Waals surface area contributed by atoms with Gasteiger partial charge in [0.2, 0.25) is 0 Å². The van der Waals surface area contributed by atoms with E-state index in [1.807, 2.05) is 7.05 Å². The van der Waals surface area contributed by atoms with Crippen LogP contribution in [0.5, 0.6) is 5.75 Å². The number of hydrogen-bond acceptors (Lipinski definition) is 6. The topological polar surface area (TPSA) is 51.4 Å². The first-order valence-electron chi connectivity index (χ1n) is 5.25. The summed E-state index contributed by atoms with van der Waals surface area (Å²) in [5, 5.41) is 3.09. The summed E-state index contributed by atoms with van der Waals surface area (Å²) in [5.74, 6) is 1.15. The molecule has 0 aliphatic heterocycles. The summed E-state index contributed by atoms with van der Waals surface area (Å²) in [6, 6.07) is 4.22. The average molecular weight is 269 g/mol. The molecule has 6 heteroatoms. The second-order valence-electron chi connectivity index (χ2n) is 3.66. The van der Waals surface area contributed by atoms with Crippen molar-refractivity contribution in [1.29, 1.82) is 0 Å². The monoisotopic (exact) mass is 269 g/mol. The summed E-state index contributed by atoms with van der Waals surface area (Å²) in [7, 11) is 3.65. The Morgan fingerprint density at radius 1 is 1.53 bits per heavy atom. The van der Waals surface area contributed by atoms with E-state index in [0.717, 1.165) is 18.0 Å². The van der Waals surface area contributed by atoms with Gasteiger partial charge in [0.1, 0.15) is 0 Å². The highest BCUT2D eigenvalue weighted by molar-refractivity contribution is 7.11. The molecular weight excluding hydrogens is 254 g/mol. The van der Waals surface area contributed by atoms with Gasteiger partial charge in [-0.2, -0.15) is 4.37 Å². The van der Waals surface area contributed by atoms with Crippen LogP contribution in [0.3, 0.4) is 0 Å². The van der Waals surface area contributed by atoms with Gasteiger partial charge in [0.05, 0.1) is 7.11 Å². The molecule has 2 heterocycles. The van der Waals surface area contributed by atoms with Crippen molar-refractivity contribution in [1.82, 2.24) is 4.37 Å². The molecule has 0 saturated heterocycles. The van der Waals surface area contributed by atoms with Crippen molar-refractivity contribution in [3.05, 3.63) is 22.4 Å². The summed E-state index contributed by atoms with van der Waals surface area (Å²) in [6.45, 7) is 0.929. The van der Waals surface area contributed by atoms with E-state index in [0.29, 0.717) is 11.6 Å². The highest BCUT2D eigenvalue weighted by Gasteiger charge is 2.15. The largest absolute Gasteiger partial charge is 0.490 e. The molecule has 0 fully saturated rings. The summed E-state index contributed by atoms with van der Waals surface area (Å²) in [6.07, 6.45) is 1.02. The Hall–Kier alpha value is -1.27. The fraction of sp³-hybridized carbons (Fsp3) is 0.364. The lowest BCUT2D eigenvalue weighted by atomic mass is 10.3. The number of aromatic nitrogens is 1. The van der Waals surface area contributed by atoms with Gasteiger partial charge in [0, 0.05) is 18.5 Å². The van der Waals surface area contributed by atoms with E-state index in [4.69, 9.17) is 10.5 Å². The molecule has 2 aromatic rings. The van der Waals surface area contributed by atoms with Gasteiger partial charge in [-0.25, -0.2) is 0 Å². The molecule has 0 amide bonds. The Morgan fingerprint density at radius 3 is 3.00 bits per heavy atom. The summed E-state index contributed by atoms with van der Waals surface area (Å²) in [4.78, 5) is 3.51. The molecule has 2 aromatic heterocycles. The van der Waals surface area contributed by atoms with Crippen LogP contribution in [0.15, 0.2) is 17.5 Å². The van der Waals surface area contributed by atoms with Gasteiger partial charge in [0.25, 0.3) is 0 Å². The van der Waals surface area contributed by atoms with Gasteiger partial charge in [-0.05, 0) is 29.4 Å². The van der Waals surface area contributed by atoms with E-state index < -0.39 is 0 Å². The number of nitrogen functional groups attached to an aromatic ring is 1. The number of nitrogens with zero attached hydrogens (tertiary/aromatic N) is 2. The molecule has 0 spiro atoms. The minimum atomic E-state index is 0.468. The van der Waals surface area contributed by atoms with E-state index in [2.05, 4.69) is 26.8 Å². The van der Waals surface area contributed by atoms with Gasteiger partial charge in [0.15, 0.2) is 16.6 Å². The lowest BCUT2D eigenvalue weighted by molar-refractivity contribution is 0.418. The van der Waals surface area contributed by atoms with Crippen molar-refractivity contribution in [2.75, 3.05) is 31.3 Å². The molecule has 0 atom stereocenters. The SMILES string of the molecule is COc1c(N)nsc1N(C)CCc1cccs1. The van der Waals surface area contributed by atoms with Crippen molar-refractivity contribution >= 4 is 33.7 Å². The van der Waals surface area contributed by atoms with Gasteiger partial charge in [-0.3, -0.25) is 0 Å². The van der Waals surface area contributed by atoms with Crippen LogP contribution in [-0.4, -0.2) is 25.1 Å². The second-order valence-corrected chi connectivity index (χ2v) is 5.44. The smallest absolute Gasteiger partial charge is 0.197 e. The number of hydrogen-bond donors (Lipinski definition) is 1. The van der Waals surface area contributed by atoms with E-state index in [9.17, 15) is 0 Å². The summed E-state index contributed by atoms with van der Waals surface area (Å²) < 4.78 is 9.37. The standard InChI is InChI=1S/C11H15N3OS2/c1-14(6-5-8-4-3-7-16-8)11-9(15-2)10(12)13-17-11/h3-4,7H,5-6H2,1-2H3,(H2,12,13). The summed E-state index contributed by atoms with van der Waals surface area (Å²) in [5.41, 5.74) is 5.73. The molecule has 92 valence electrons. The molecule has 0 aliphatic carbocycles. The van der Waals surface area contributed by atoms with Crippen molar-refractivity contribution in [2.45, 2.75) is 6.42 Å². The molecule has 2 rings (SSSR count). The predicted molar refractivity (Wildman–Crippen MR) is 74.4 cm³/mol. The van der Waals surface area contributed by atoms with Crippen LogP contribution >= 0.6 is 22.9 Å². The highest BCUT2D eigenvalue weighted by atomic mass is 32.1. The van der Waals surface area contributed by atoms with Crippen LogP contribution in [0.2, 0.25) is 0 Å². The maximum atomic E-state index is 5.73. The second kappa shape index (κ2) is 5.37. The molecule has 0 unspecified atom stereocenters. The van der Waals surface area contributed by atoms with Crippen LogP contribution in [0.25, 0.3) is 0 Å². The fourth-order valence-corrected chi connectivity index (χ4v) is 3.02. The lowest BCUT2D eigenvalue weighted by Gasteiger charge is -2.17. The minimum Gasteiger partial charge on any atom is -0.490 e. The van der Waals surface area contributed by atoms with Crippen LogP contribution in [0, 0.1) is 0 Å². The first kappa shape index (κ1) is 12.2. The Bertz CT molecular complexity index is 467. The number of thiophene rings is 1. The van der Waals surface area contributed by atoms with Gasteiger partial charge in [-0.15, -0.1) is 11.3 Å². The van der Waals surface area contributed by atoms with Crippen LogP contribution in [0.4, 0.5) is 10.8 Å². The third kappa shape index (κ3) is 2.70. The molecule has 4 nitrogen and oxygen atoms in total. The maximum Gasteiger partial charge on any atom is 0.197 e. The van der Waals surface area contributed by atoms with Crippen molar-refractivity contribution in [3.8, 4) is 5.75 Å². The van der Waals surface area contributed by atoms with E-state index in [1.54, 1.807) is 18.4 Å². The lowest BCUT2D eigenvalue weighted by Crippen LogP contribution is -2.19. The van der Waals surface area contributed by atoms with E-state index in [1.165, 1.54) is 16.4 Å². The molecule has 0 aliphatic rings. The van der Waals surface area contributed by atoms with Crippen molar-refractivity contribution in [3.63, 3.8) is 0 Å². The zero-order valence-electron chi connectivity index (χ0n) is 9.84. The first-order chi connectivity index (χ1) is 8.22. The van der Waals surface area contributed by atoms with Gasteiger partial charge < -0.3 is 15.4 Å². The van der Waals surface area contributed by atoms with Crippen LogP contribution in [-0.2, 0) is 6.42 Å². The normalized spacial score (nSPS) is 10.5. The quantitative estimate of drug-likeness (QED) is 0.906. The number of likely N-dealkylation sites (N-methyl/N-ethyl adjacent to an activating group) is 1. The Balaban J connectivity index is 2.01. The van der Waals surface area contributed by atoms with Gasteiger partial charge in [-0.1, -0.05) is 6.07 Å². The highest BCUT2D eigenvalue weighted by Crippen LogP contribution is 2.37. The molecule has 0 aromatic carbocycles. The van der Waals surface area contributed by atoms with Crippen LogP contribution < -0.4 is 15.4 Å². The summed E-state index contributed by atoms with van der Waals surface area (Å²) >= 11 is 3.16. The third-order valence-electron chi connectivity index (χ3n) is 2.48. The fourth-order valence-electron chi connectivity index (χ4n) is 1.55. The van der Waals surface area contributed by atoms with Crippen LogP contribution in [0.1, 0.15) is 4.88 Å². The number of methoxy groups -OCH3 is 1. The third-order valence-corrected chi connectivity index (χ3v) is 4.38. The average Bonchev–Trinajstić information content (AvgIpc) is 2.94. The van der Waals surface area contributed by atoms with Crippen molar-refractivity contribution in [2.24, 2.45) is 0 Å². The number of anilines is 2. The zero-order chi connectivity index (χ0) is 12.3. The van der Waals surface area contributed by atoms with Crippen molar-refractivity contribution < 1.29 is 4.74 Å². The Morgan fingerprint density at radius 2 is 2.35 bits per heavy atom. The van der Waals surface area contributed by atoms with E-state index in [-0.39, 0.29) is 0 Å². The molecular formula is C11H15N3OS2. The van der Waals surface area contributed by atoms with Gasteiger partial charge >= 0.3 is 0 Å². The maximum absolute atomic E-state index is 5.73. The van der Waals surface area contributed by atoms with E-state index >= 15 is 0 Å². The molecule has 17 heavy (non-hydrogen) atoms. The Kier molecular flexibility index (Phi) is 3.86. The minimum absolute atomic E-state index is 0.468. The molecule has 0 radical (unpaired) electrons. The number of rotatable bonds is 5. The molecule has 0 bridgehead atoms. The Labute approximate surface area is 109 Å². The number of nitrogens with two attached hydrogens (primary N) is 1. The molecule has 2 N–H and O–H groups in total. The zero-order valence-corrected chi connectivity index (χ0v) is 11.5. The first-order valence-corrected chi connectivity index (χ1v) is 6.90. The molecule has 0 saturated carbocycles. The number of ether oxygens (including phenoxy) is 1. The predicted octanol–water partition coefficient (Wildman–Crippen LogP) is 2.47.